The number of aromatic nitrogens is 2. The number of hydrogen-bond acceptors (Lipinski definition) is 6. The van der Waals surface area contributed by atoms with Crippen LogP contribution in [0.5, 0.6) is 0 Å². The minimum atomic E-state index is -0.293. The van der Waals surface area contributed by atoms with Crippen LogP contribution in [0.3, 0.4) is 0 Å². The Bertz CT molecular complexity index is 1090. The molecule has 0 saturated carbocycles. The second-order valence-corrected chi connectivity index (χ2v) is 7.83. The maximum Gasteiger partial charge on any atom is 0.320 e. The molecular formula is C24H27N7O. The van der Waals surface area contributed by atoms with Crippen LogP contribution in [-0.4, -0.2) is 41.3 Å². The monoisotopic (exact) mass is 429 g/mol. The van der Waals surface area contributed by atoms with E-state index in [0.29, 0.717) is 17.1 Å². The number of nitrogens with one attached hydrogen (secondary N) is 4. The van der Waals surface area contributed by atoms with E-state index in [-0.39, 0.29) is 12.1 Å². The van der Waals surface area contributed by atoms with Crippen molar-refractivity contribution in [2.45, 2.75) is 25.8 Å². The highest BCUT2D eigenvalue weighted by Crippen LogP contribution is 2.22. The number of amides is 2. The Morgan fingerprint density at radius 1 is 1.19 bits per heavy atom. The summed E-state index contributed by atoms with van der Waals surface area (Å²) < 4.78 is 0. The van der Waals surface area contributed by atoms with E-state index < -0.39 is 0 Å². The van der Waals surface area contributed by atoms with E-state index >= 15 is 0 Å². The standard InChI is InChI=1S/C24H27N7O/c1-17-12-19(9-10-26-17)28-22-15-27-23(13-18(22)14-25)30-24(32)29-20-6-5-11-31(16-20)21-7-3-2-4-8-21/h2-4,7-10,12-15,20,25H,5-6,11,16H2,1H3,(H,26,28)(H2,27,29,30,32). The van der Waals surface area contributed by atoms with Crippen LogP contribution in [0.4, 0.5) is 27.7 Å². The molecule has 164 valence electrons. The van der Waals surface area contributed by atoms with Gasteiger partial charge in [0.2, 0.25) is 0 Å². The summed E-state index contributed by atoms with van der Waals surface area (Å²) in [6, 6.07) is 15.5. The normalized spacial score (nSPS) is 15.7. The van der Waals surface area contributed by atoms with Crippen LogP contribution < -0.4 is 20.9 Å². The third-order valence-electron chi connectivity index (χ3n) is 5.39. The van der Waals surface area contributed by atoms with E-state index in [2.05, 4.69) is 43.0 Å². The molecule has 3 heterocycles. The number of benzene rings is 1. The highest BCUT2D eigenvalue weighted by Gasteiger charge is 2.21. The highest BCUT2D eigenvalue weighted by molar-refractivity contribution is 5.92. The van der Waals surface area contributed by atoms with E-state index in [1.807, 2.05) is 37.3 Å². The molecule has 0 bridgehead atoms. The van der Waals surface area contributed by atoms with Crippen LogP contribution in [0.1, 0.15) is 24.1 Å². The summed E-state index contributed by atoms with van der Waals surface area (Å²) in [5.41, 5.74) is 4.23. The first-order valence-corrected chi connectivity index (χ1v) is 10.7. The number of nitrogens with zero attached hydrogens (tertiary/aromatic N) is 3. The van der Waals surface area contributed by atoms with Crippen molar-refractivity contribution >= 4 is 35.1 Å². The maximum atomic E-state index is 12.6. The number of carbonyl (C=O) groups excluding carboxylic acids is 1. The molecule has 1 atom stereocenters. The van der Waals surface area contributed by atoms with Gasteiger partial charge in [-0.25, -0.2) is 9.78 Å². The Hall–Kier alpha value is -3.94. The molecule has 4 N–H and O–H groups in total. The molecule has 1 aliphatic rings. The first-order chi connectivity index (χ1) is 15.6. The van der Waals surface area contributed by atoms with Crippen LogP contribution in [0.2, 0.25) is 0 Å². The summed E-state index contributed by atoms with van der Waals surface area (Å²) in [6.07, 6.45) is 6.53. The van der Waals surface area contributed by atoms with Crippen molar-refractivity contribution in [2.24, 2.45) is 0 Å². The molecule has 8 nitrogen and oxygen atoms in total. The lowest BCUT2D eigenvalue weighted by atomic mass is 10.1. The zero-order chi connectivity index (χ0) is 22.3. The van der Waals surface area contributed by atoms with Crippen molar-refractivity contribution in [3.63, 3.8) is 0 Å². The fraction of sp³-hybridized carbons (Fsp3) is 0.250. The topological polar surface area (TPSA) is 106 Å². The number of carbonyl (C=O) groups is 1. The van der Waals surface area contributed by atoms with Gasteiger partial charge in [0.15, 0.2) is 0 Å². The van der Waals surface area contributed by atoms with Gasteiger partial charge in [0.05, 0.1) is 11.9 Å². The average molecular weight is 430 g/mol. The third kappa shape index (κ3) is 5.40. The molecule has 32 heavy (non-hydrogen) atoms. The Morgan fingerprint density at radius 3 is 2.81 bits per heavy atom. The Balaban J connectivity index is 1.37. The van der Waals surface area contributed by atoms with Crippen molar-refractivity contribution in [3.8, 4) is 0 Å². The third-order valence-corrected chi connectivity index (χ3v) is 5.39. The van der Waals surface area contributed by atoms with Gasteiger partial charge in [0.1, 0.15) is 5.82 Å². The molecule has 0 spiro atoms. The number of urea groups is 1. The van der Waals surface area contributed by atoms with Crippen LogP contribution in [-0.2, 0) is 0 Å². The molecule has 3 aromatic rings. The van der Waals surface area contributed by atoms with Gasteiger partial charge in [-0.2, -0.15) is 0 Å². The Labute approximate surface area is 187 Å². The molecule has 1 aromatic carbocycles. The van der Waals surface area contributed by atoms with Gasteiger partial charge in [-0.1, -0.05) is 18.2 Å². The van der Waals surface area contributed by atoms with Gasteiger partial charge >= 0.3 is 6.03 Å². The summed E-state index contributed by atoms with van der Waals surface area (Å²) in [6.45, 7) is 3.67. The molecule has 8 heteroatoms. The van der Waals surface area contributed by atoms with Crippen LogP contribution in [0.15, 0.2) is 60.9 Å². The predicted molar refractivity (Wildman–Crippen MR) is 128 cm³/mol. The Morgan fingerprint density at radius 2 is 2.03 bits per heavy atom. The van der Waals surface area contributed by atoms with Crippen LogP contribution in [0.25, 0.3) is 0 Å². The molecular weight excluding hydrogens is 402 g/mol. The van der Waals surface area contributed by atoms with Gasteiger partial charge < -0.3 is 20.9 Å². The lowest BCUT2D eigenvalue weighted by molar-refractivity contribution is 0.246. The number of para-hydroxylation sites is 1. The van der Waals surface area contributed by atoms with E-state index in [1.54, 1.807) is 18.5 Å². The molecule has 1 unspecified atom stereocenters. The second kappa shape index (κ2) is 9.91. The predicted octanol–water partition coefficient (Wildman–Crippen LogP) is 4.32. The minimum Gasteiger partial charge on any atom is -0.369 e. The zero-order valence-corrected chi connectivity index (χ0v) is 18.0. The van der Waals surface area contributed by atoms with Crippen LogP contribution >= 0.6 is 0 Å². The lowest BCUT2D eigenvalue weighted by Crippen LogP contribution is -2.49. The van der Waals surface area contributed by atoms with Crippen molar-refractivity contribution < 1.29 is 4.79 Å². The smallest absolute Gasteiger partial charge is 0.320 e. The zero-order valence-electron chi connectivity index (χ0n) is 18.0. The first-order valence-electron chi connectivity index (χ1n) is 10.7. The quantitative estimate of drug-likeness (QED) is 0.437. The number of hydrogen-bond donors (Lipinski definition) is 4. The maximum absolute atomic E-state index is 12.6. The molecule has 1 fully saturated rings. The summed E-state index contributed by atoms with van der Waals surface area (Å²) in [4.78, 5) is 23.4. The number of piperidine rings is 1. The van der Waals surface area contributed by atoms with Crippen molar-refractivity contribution in [3.05, 3.63) is 72.2 Å². The summed E-state index contributed by atoms with van der Waals surface area (Å²) in [7, 11) is 0. The van der Waals surface area contributed by atoms with Gasteiger partial charge in [-0.15, -0.1) is 0 Å². The van der Waals surface area contributed by atoms with Gasteiger partial charge in [-0.3, -0.25) is 10.3 Å². The van der Waals surface area contributed by atoms with E-state index in [0.717, 1.165) is 37.3 Å². The number of rotatable bonds is 6. The molecule has 0 aliphatic carbocycles. The van der Waals surface area contributed by atoms with E-state index in [1.165, 1.54) is 11.9 Å². The average Bonchev–Trinajstić information content (AvgIpc) is 2.81. The largest absolute Gasteiger partial charge is 0.369 e. The highest BCUT2D eigenvalue weighted by atomic mass is 16.2. The molecule has 4 rings (SSSR count). The summed E-state index contributed by atoms with van der Waals surface area (Å²) in [5, 5.41) is 16.8. The van der Waals surface area contributed by atoms with Crippen molar-refractivity contribution in [2.75, 3.05) is 28.6 Å². The molecule has 1 saturated heterocycles. The summed E-state index contributed by atoms with van der Waals surface area (Å²) in [5.74, 6) is 0.396. The second-order valence-electron chi connectivity index (χ2n) is 7.83. The Kier molecular flexibility index (Phi) is 6.60. The molecule has 0 radical (unpaired) electrons. The lowest BCUT2D eigenvalue weighted by Gasteiger charge is -2.34. The first kappa shape index (κ1) is 21.3. The molecule has 2 amide bonds. The fourth-order valence-electron chi connectivity index (χ4n) is 3.85. The SMILES string of the molecule is Cc1cc(Nc2cnc(NC(=O)NC3CCCN(c4ccccc4)C3)cc2C=N)ccn1. The fourth-order valence-corrected chi connectivity index (χ4v) is 3.85. The van der Waals surface area contributed by atoms with Gasteiger partial charge in [0, 0.05) is 54.2 Å². The molecule has 1 aliphatic heterocycles. The van der Waals surface area contributed by atoms with Crippen LogP contribution in [0, 0.1) is 12.3 Å². The molecule has 2 aromatic heterocycles. The van der Waals surface area contributed by atoms with Gasteiger partial charge in [0.25, 0.3) is 0 Å². The number of aryl methyl sites for hydroxylation is 1. The van der Waals surface area contributed by atoms with Crippen molar-refractivity contribution in [1.82, 2.24) is 15.3 Å². The van der Waals surface area contributed by atoms with Crippen molar-refractivity contribution in [1.29, 1.82) is 5.41 Å². The van der Waals surface area contributed by atoms with Gasteiger partial charge in [-0.05, 0) is 50.1 Å². The van der Waals surface area contributed by atoms with E-state index in [9.17, 15) is 4.79 Å². The number of pyridine rings is 2. The minimum absolute atomic E-state index is 0.0574. The van der Waals surface area contributed by atoms with E-state index in [4.69, 9.17) is 5.41 Å². The summed E-state index contributed by atoms with van der Waals surface area (Å²) >= 11 is 0. The number of anilines is 4.